The summed E-state index contributed by atoms with van der Waals surface area (Å²) in [6.07, 6.45) is 3.62. The van der Waals surface area contributed by atoms with Crippen molar-refractivity contribution in [2.45, 2.75) is 44.7 Å². The molecule has 1 aromatic carbocycles. The van der Waals surface area contributed by atoms with Crippen LogP contribution in [-0.4, -0.2) is 40.7 Å². The van der Waals surface area contributed by atoms with E-state index >= 15 is 0 Å². The van der Waals surface area contributed by atoms with Gasteiger partial charge in [0.15, 0.2) is 0 Å². The molecule has 4 nitrogen and oxygen atoms in total. The van der Waals surface area contributed by atoms with E-state index in [0.717, 1.165) is 31.4 Å². The van der Waals surface area contributed by atoms with Crippen molar-refractivity contribution in [2.24, 2.45) is 5.92 Å². The zero-order valence-electron chi connectivity index (χ0n) is 13.4. The van der Waals surface area contributed by atoms with Crippen LogP contribution in [0.1, 0.15) is 36.8 Å². The fraction of sp³-hybridized carbons (Fsp3) is 0.556. The molecule has 0 bridgehead atoms. The summed E-state index contributed by atoms with van der Waals surface area (Å²) in [6, 6.07) is 1.82. The van der Waals surface area contributed by atoms with Gasteiger partial charge in [0.1, 0.15) is 17.7 Å². The average molecular weight is 334 g/mol. The van der Waals surface area contributed by atoms with Crippen molar-refractivity contribution >= 4 is 11.8 Å². The number of nitrogens with zero attached hydrogens (tertiary/aromatic N) is 2. The van der Waals surface area contributed by atoms with Gasteiger partial charge in [0.05, 0.1) is 0 Å². The molecule has 24 heavy (non-hydrogen) atoms. The number of carbonyl (C=O) groups excluding carboxylic acids is 2. The van der Waals surface area contributed by atoms with E-state index in [2.05, 4.69) is 0 Å². The van der Waals surface area contributed by atoms with Gasteiger partial charge in [0.2, 0.25) is 11.8 Å². The molecule has 2 heterocycles. The average Bonchev–Trinajstić information content (AvgIpc) is 3.33. The van der Waals surface area contributed by atoms with Crippen molar-refractivity contribution in [1.82, 2.24) is 9.80 Å². The van der Waals surface area contributed by atoms with Crippen LogP contribution in [-0.2, 0) is 22.6 Å². The molecule has 0 radical (unpaired) electrons. The molecule has 0 spiro atoms. The Hall–Kier alpha value is -1.98. The first-order chi connectivity index (χ1) is 11.6. The number of halogens is 2. The van der Waals surface area contributed by atoms with Crippen LogP contribution in [0.2, 0.25) is 0 Å². The van der Waals surface area contributed by atoms with Crippen molar-refractivity contribution in [2.75, 3.05) is 13.1 Å². The molecule has 1 aromatic rings. The molecule has 1 saturated carbocycles. The lowest BCUT2D eigenvalue weighted by Crippen LogP contribution is -2.49. The SMILES string of the molecule is O=C([C@@H]1CCCN1C(=O)C1CC1)N1CCc2c(F)ccc(F)c2C1. The summed E-state index contributed by atoms with van der Waals surface area (Å²) in [5.41, 5.74) is 0.643. The Kier molecular flexibility index (Phi) is 3.77. The second-order valence-corrected chi connectivity index (χ2v) is 6.96. The number of benzene rings is 1. The van der Waals surface area contributed by atoms with Crippen LogP contribution in [0.15, 0.2) is 12.1 Å². The van der Waals surface area contributed by atoms with Crippen molar-refractivity contribution in [3.05, 3.63) is 34.9 Å². The van der Waals surface area contributed by atoms with Crippen molar-refractivity contribution in [1.29, 1.82) is 0 Å². The number of rotatable bonds is 2. The third kappa shape index (κ3) is 2.58. The van der Waals surface area contributed by atoms with E-state index in [1.807, 2.05) is 0 Å². The van der Waals surface area contributed by atoms with Crippen LogP contribution >= 0.6 is 0 Å². The van der Waals surface area contributed by atoms with Crippen molar-refractivity contribution in [3.63, 3.8) is 0 Å². The minimum atomic E-state index is -0.471. The van der Waals surface area contributed by atoms with E-state index in [-0.39, 0.29) is 29.8 Å². The second-order valence-electron chi connectivity index (χ2n) is 6.96. The number of amides is 2. The van der Waals surface area contributed by atoms with Crippen LogP contribution in [0.3, 0.4) is 0 Å². The molecule has 3 aliphatic rings. The van der Waals surface area contributed by atoms with Crippen LogP contribution in [0.4, 0.5) is 8.78 Å². The molecule has 1 saturated heterocycles. The van der Waals surface area contributed by atoms with E-state index in [1.54, 1.807) is 9.80 Å². The standard InChI is InChI=1S/C18H20F2N2O2/c19-14-5-6-15(20)13-10-21(9-7-12(13)14)18(24)16-2-1-8-22(16)17(23)11-3-4-11/h5-6,11,16H,1-4,7-10H2/t16-/m0/s1. The third-order valence-corrected chi connectivity index (χ3v) is 5.36. The highest BCUT2D eigenvalue weighted by molar-refractivity contribution is 5.90. The predicted molar refractivity (Wildman–Crippen MR) is 82.9 cm³/mol. The molecule has 0 aromatic heterocycles. The van der Waals surface area contributed by atoms with Crippen LogP contribution in [0.5, 0.6) is 0 Å². The van der Waals surface area contributed by atoms with Crippen molar-refractivity contribution in [3.8, 4) is 0 Å². The highest BCUT2D eigenvalue weighted by Crippen LogP contribution is 2.34. The van der Waals surface area contributed by atoms with E-state index in [4.69, 9.17) is 0 Å². The number of carbonyl (C=O) groups is 2. The molecule has 1 atom stereocenters. The zero-order valence-corrected chi connectivity index (χ0v) is 13.4. The quantitative estimate of drug-likeness (QED) is 0.832. The first kappa shape index (κ1) is 15.5. The lowest BCUT2D eigenvalue weighted by Gasteiger charge is -2.34. The maximum atomic E-state index is 14.0. The van der Waals surface area contributed by atoms with Gasteiger partial charge in [-0.3, -0.25) is 9.59 Å². The number of hydrogen-bond donors (Lipinski definition) is 0. The van der Waals surface area contributed by atoms with Gasteiger partial charge in [-0.1, -0.05) is 0 Å². The topological polar surface area (TPSA) is 40.6 Å². The normalized spacial score (nSPS) is 23.3. The van der Waals surface area contributed by atoms with Gasteiger partial charge in [-0.2, -0.15) is 0 Å². The van der Waals surface area contributed by atoms with E-state index in [1.165, 1.54) is 0 Å². The maximum Gasteiger partial charge on any atom is 0.245 e. The smallest absolute Gasteiger partial charge is 0.245 e. The Morgan fingerprint density at radius 3 is 2.38 bits per heavy atom. The summed E-state index contributed by atoms with van der Waals surface area (Å²) in [7, 11) is 0. The van der Waals surface area contributed by atoms with Gasteiger partial charge >= 0.3 is 0 Å². The summed E-state index contributed by atoms with van der Waals surface area (Å²) in [4.78, 5) is 28.5. The first-order valence-electron chi connectivity index (χ1n) is 8.61. The maximum absolute atomic E-state index is 14.0. The monoisotopic (exact) mass is 334 g/mol. The second kappa shape index (κ2) is 5.83. The zero-order chi connectivity index (χ0) is 16.8. The molecule has 2 amide bonds. The number of hydrogen-bond acceptors (Lipinski definition) is 2. The first-order valence-corrected chi connectivity index (χ1v) is 8.61. The molecule has 2 aliphatic heterocycles. The summed E-state index contributed by atoms with van der Waals surface area (Å²) in [5.74, 6) is -0.838. The summed E-state index contributed by atoms with van der Waals surface area (Å²) >= 11 is 0. The van der Waals surface area contributed by atoms with Gasteiger partial charge < -0.3 is 9.80 Å². The summed E-state index contributed by atoms with van der Waals surface area (Å²) in [6.45, 7) is 1.08. The van der Waals surface area contributed by atoms with Crippen molar-refractivity contribution < 1.29 is 18.4 Å². The molecule has 4 rings (SSSR count). The summed E-state index contributed by atoms with van der Waals surface area (Å²) < 4.78 is 27.8. The lowest BCUT2D eigenvalue weighted by molar-refractivity contribution is -0.145. The molecule has 6 heteroatoms. The molecule has 0 N–H and O–H groups in total. The van der Waals surface area contributed by atoms with E-state index in [9.17, 15) is 18.4 Å². The highest BCUT2D eigenvalue weighted by Gasteiger charge is 2.42. The molecule has 0 unspecified atom stereocenters. The predicted octanol–water partition coefficient (Wildman–Crippen LogP) is 2.25. The van der Waals surface area contributed by atoms with E-state index < -0.39 is 17.7 Å². The largest absolute Gasteiger partial charge is 0.336 e. The minimum Gasteiger partial charge on any atom is -0.336 e. The Labute approximate surface area is 139 Å². The Bertz CT molecular complexity index is 703. The Morgan fingerprint density at radius 1 is 0.958 bits per heavy atom. The fourth-order valence-corrected chi connectivity index (χ4v) is 3.84. The van der Waals surface area contributed by atoms with Gasteiger partial charge in [0.25, 0.3) is 0 Å². The number of likely N-dealkylation sites (tertiary alicyclic amines) is 1. The third-order valence-electron chi connectivity index (χ3n) is 5.36. The fourth-order valence-electron chi connectivity index (χ4n) is 3.84. The summed E-state index contributed by atoms with van der Waals surface area (Å²) in [5, 5.41) is 0. The van der Waals surface area contributed by atoms with Gasteiger partial charge in [-0.05, 0) is 49.8 Å². The Balaban J connectivity index is 1.52. The molecule has 1 aliphatic carbocycles. The van der Waals surface area contributed by atoms with Gasteiger partial charge in [-0.15, -0.1) is 0 Å². The van der Waals surface area contributed by atoms with Gasteiger partial charge in [-0.25, -0.2) is 8.78 Å². The lowest BCUT2D eigenvalue weighted by atomic mass is 9.97. The molecular formula is C18H20F2N2O2. The van der Waals surface area contributed by atoms with E-state index in [0.29, 0.717) is 31.5 Å². The van der Waals surface area contributed by atoms with Crippen LogP contribution < -0.4 is 0 Å². The van der Waals surface area contributed by atoms with Crippen LogP contribution in [0, 0.1) is 17.6 Å². The van der Waals surface area contributed by atoms with Gasteiger partial charge in [0, 0.05) is 31.1 Å². The molecule has 128 valence electrons. The highest BCUT2D eigenvalue weighted by atomic mass is 19.1. The Morgan fingerprint density at radius 2 is 1.67 bits per heavy atom. The number of fused-ring (bicyclic) bond motifs is 1. The minimum absolute atomic E-state index is 0.0831. The molecular weight excluding hydrogens is 314 g/mol. The van der Waals surface area contributed by atoms with Crippen LogP contribution in [0.25, 0.3) is 0 Å². The molecule has 2 fully saturated rings.